The second kappa shape index (κ2) is 2.93. The fourth-order valence-electron chi connectivity index (χ4n) is 0.543. The van der Waals surface area contributed by atoms with Crippen LogP contribution in [0.25, 0.3) is 0 Å². The van der Waals surface area contributed by atoms with Crippen LogP contribution in [-0.2, 0) is 0 Å². The predicted molar refractivity (Wildman–Crippen MR) is 39.3 cm³/mol. The minimum absolute atomic E-state index is 0.708. The van der Waals surface area contributed by atoms with Crippen molar-refractivity contribution in [2.45, 2.75) is 10.9 Å². The lowest BCUT2D eigenvalue weighted by Crippen LogP contribution is -1.86. The maximum absolute atomic E-state index is 5.39. The van der Waals surface area contributed by atoms with Crippen LogP contribution in [-0.4, -0.2) is 23.9 Å². The normalized spacial score (nSPS) is 23.4. The molecule has 38 valence electrons. The van der Waals surface area contributed by atoms with Crippen molar-refractivity contribution in [3.63, 3.8) is 0 Å². The second-order valence-electron chi connectivity index (χ2n) is 1.41. The van der Waals surface area contributed by atoms with E-state index in [-0.39, 0.29) is 0 Å². The molecule has 0 unspecified atom stereocenters. The highest BCUT2D eigenvalue weighted by Gasteiger charge is 2.11. The lowest BCUT2D eigenvalue weighted by atomic mass is 10.1. The molecule has 0 amide bonds. The van der Waals surface area contributed by atoms with Gasteiger partial charge in [-0.2, -0.15) is 0 Å². The van der Waals surface area contributed by atoms with E-state index < -0.39 is 0 Å². The molecule has 1 aliphatic rings. The largest absolute Gasteiger partial charge is 0.148 e. The van der Waals surface area contributed by atoms with Gasteiger partial charge in [-0.05, 0) is 0 Å². The molecule has 2 radical (unpaired) electrons. The molecule has 0 nitrogen and oxygen atoms in total. The van der Waals surface area contributed by atoms with Crippen LogP contribution in [0.5, 0.6) is 0 Å². The monoisotopic (exact) mass is 130 g/mol. The fourth-order valence-corrected chi connectivity index (χ4v) is 3.07. The predicted octanol–water partition coefficient (Wildman–Crippen LogP) is 1.38. The van der Waals surface area contributed by atoms with E-state index in [0.717, 1.165) is 6.32 Å². The van der Waals surface area contributed by atoms with Crippen molar-refractivity contribution >= 4 is 31.4 Å². The van der Waals surface area contributed by atoms with Crippen LogP contribution < -0.4 is 0 Å². The molecule has 0 N–H and O–H groups in total. The van der Waals surface area contributed by atoms with Gasteiger partial charge in [-0.3, -0.25) is 0 Å². The van der Waals surface area contributed by atoms with Gasteiger partial charge in [-0.1, -0.05) is 6.32 Å². The Kier molecular flexibility index (Phi) is 2.46. The average Bonchev–Trinajstić information content (AvgIpc) is 2.14. The maximum Gasteiger partial charge on any atom is 0.0679 e. The van der Waals surface area contributed by atoms with E-state index in [1.54, 1.807) is 0 Å². The van der Waals surface area contributed by atoms with Gasteiger partial charge in [-0.15, -0.1) is 23.5 Å². The Morgan fingerprint density at radius 2 is 2.00 bits per heavy atom. The van der Waals surface area contributed by atoms with Gasteiger partial charge < -0.3 is 0 Å². The Morgan fingerprint density at radius 3 is 2.29 bits per heavy atom. The van der Waals surface area contributed by atoms with E-state index in [2.05, 4.69) is 0 Å². The molecule has 3 heteroatoms. The highest BCUT2D eigenvalue weighted by atomic mass is 32.2. The van der Waals surface area contributed by atoms with E-state index in [9.17, 15) is 0 Å². The molecular formula is C4H7BS2. The molecule has 1 aliphatic heterocycles. The van der Waals surface area contributed by atoms with Crippen molar-refractivity contribution in [3.8, 4) is 0 Å². The lowest BCUT2D eigenvalue weighted by molar-refractivity contribution is 1.42. The number of hydrogen-bond acceptors (Lipinski definition) is 2. The van der Waals surface area contributed by atoms with Gasteiger partial charge >= 0.3 is 0 Å². The number of hydrogen-bond donors (Lipinski definition) is 0. The van der Waals surface area contributed by atoms with Crippen LogP contribution in [0.3, 0.4) is 0 Å². The van der Waals surface area contributed by atoms with E-state index in [4.69, 9.17) is 7.85 Å². The van der Waals surface area contributed by atoms with Crippen LogP contribution in [0, 0.1) is 0 Å². The minimum Gasteiger partial charge on any atom is -0.148 e. The molecule has 0 aromatic carbocycles. The summed E-state index contributed by atoms with van der Waals surface area (Å²) in [5, 5.41) is 0. The van der Waals surface area contributed by atoms with E-state index >= 15 is 0 Å². The molecule has 1 saturated heterocycles. The van der Waals surface area contributed by atoms with Gasteiger partial charge in [0, 0.05) is 16.1 Å². The first-order chi connectivity index (χ1) is 3.43. The Balaban J connectivity index is 2.14. The summed E-state index contributed by atoms with van der Waals surface area (Å²) < 4.78 is 0.708. The molecule has 0 aromatic rings. The molecule has 7 heavy (non-hydrogen) atoms. The summed E-state index contributed by atoms with van der Waals surface area (Å²) in [4.78, 5) is 0. The Morgan fingerprint density at radius 1 is 1.43 bits per heavy atom. The summed E-state index contributed by atoms with van der Waals surface area (Å²) in [6.45, 7) is 0. The van der Waals surface area contributed by atoms with Crippen LogP contribution in [0.4, 0.5) is 0 Å². The summed E-state index contributed by atoms with van der Waals surface area (Å²) in [6, 6.07) is 0. The smallest absolute Gasteiger partial charge is 0.0679 e. The van der Waals surface area contributed by atoms with Gasteiger partial charge in [0.25, 0.3) is 0 Å². The van der Waals surface area contributed by atoms with Gasteiger partial charge in [0.15, 0.2) is 0 Å². The van der Waals surface area contributed by atoms with Gasteiger partial charge in [0.05, 0.1) is 7.85 Å². The molecule has 1 fully saturated rings. The first-order valence-corrected chi connectivity index (χ1v) is 4.46. The summed E-state index contributed by atoms with van der Waals surface area (Å²) in [6.07, 6.45) is 0.843. The topological polar surface area (TPSA) is 0 Å². The van der Waals surface area contributed by atoms with Gasteiger partial charge in [0.2, 0.25) is 0 Å². The Hall–Kier alpha value is 0.765. The zero-order chi connectivity index (χ0) is 5.11. The third-order valence-corrected chi connectivity index (χ3v) is 3.97. The Labute approximate surface area is 54.2 Å². The van der Waals surface area contributed by atoms with Crippen molar-refractivity contribution in [2.75, 3.05) is 11.5 Å². The van der Waals surface area contributed by atoms with Crippen LogP contribution in [0.2, 0.25) is 6.32 Å². The molecule has 0 atom stereocenters. The van der Waals surface area contributed by atoms with Gasteiger partial charge in [-0.25, -0.2) is 0 Å². The van der Waals surface area contributed by atoms with Crippen molar-refractivity contribution in [3.05, 3.63) is 0 Å². The maximum atomic E-state index is 5.39. The zero-order valence-corrected chi connectivity index (χ0v) is 5.73. The standard InChI is InChI=1S/C4H7BS2/c5-3-4-6-1-2-7-4/h4H,1-3H2. The van der Waals surface area contributed by atoms with Gasteiger partial charge in [0.1, 0.15) is 0 Å². The van der Waals surface area contributed by atoms with E-state index in [1.807, 2.05) is 23.5 Å². The average molecular weight is 130 g/mol. The molecule has 0 aromatic heterocycles. The summed E-state index contributed by atoms with van der Waals surface area (Å²) in [5.41, 5.74) is 0. The van der Waals surface area contributed by atoms with Crippen molar-refractivity contribution in [2.24, 2.45) is 0 Å². The van der Waals surface area contributed by atoms with Crippen molar-refractivity contribution in [1.29, 1.82) is 0 Å². The summed E-state index contributed by atoms with van der Waals surface area (Å²) in [5.74, 6) is 2.60. The quantitative estimate of drug-likeness (QED) is 0.492. The molecular weight excluding hydrogens is 123 g/mol. The highest BCUT2D eigenvalue weighted by molar-refractivity contribution is 8.20. The van der Waals surface area contributed by atoms with Crippen molar-refractivity contribution < 1.29 is 0 Å². The second-order valence-corrected chi connectivity index (χ2v) is 4.33. The fraction of sp³-hybridized carbons (Fsp3) is 1.00. The third-order valence-electron chi connectivity index (χ3n) is 0.883. The first-order valence-electron chi connectivity index (χ1n) is 2.37. The van der Waals surface area contributed by atoms with E-state index in [0.29, 0.717) is 4.58 Å². The van der Waals surface area contributed by atoms with Crippen LogP contribution >= 0.6 is 23.5 Å². The highest BCUT2D eigenvalue weighted by Crippen LogP contribution is 2.33. The molecule has 0 bridgehead atoms. The summed E-state index contributed by atoms with van der Waals surface area (Å²) in [7, 11) is 5.39. The van der Waals surface area contributed by atoms with E-state index in [1.165, 1.54) is 11.5 Å². The third kappa shape index (κ3) is 1.61. The number of rotatable bonds is 1. The zero-order valence-electron chi connectivity index (χ0n) is 4.09. The first kappa shape index (κ1) is 5.89. The molecule has 0 saturated carbocycles. The Bertz CT molecular complexity index is 51.7. The molecule has 1 heterocycles. The SMILES string of the molecule is [B]CC1SCCS1. The lowest BCUT2D eigenvalue weighted by Gasteiger charge is -1.99. The van der Waals surface area contributed by atoms with Crippen molar-refractivity contribution in [1.82, 2.24) is 0 Å². The number of thioether (sulfide) groups is 2. The summed E-state index contributed by atoms with van der Waals surface area (Å²) >= 11 is 3.96. The van der Waals surface area contributed by atoms with Crippen LogP contribution in [0.1, 0.15) is 0 Å². The molecule has 0 spiro atoms. The van der Waals surface area contributed by atoms with Crippen LogP contribution in [0.15, 0.2) is 0 Å². The molecule has 1 rings (SSSR count). The molecule has 0 aliphatic carbocycles. The minimum atomic E-state index is 0.708.